The minimum absolute atomic E-state index is 0.0164. The van der Waals surface area contributed by atoms with E-state index in [0.717, 1.165) is 11.6 Å². The number of pyridine rings is 1. The van der Waals surface area contributed by atoms with Crippen LogP contribution in [0.4, 0.5) is 10.1 Å². The van der Waals surface area contributed by atoms with Crippen molar-refractivity contribution in [2.75, 3.05) is 5.73 Å². The van der Waals surface area contributed by atoms with Crippen LogP contribution in [0.3, 0.4) is 0 Å². The molecule has 19 heavy (non-hydrogen) atoms. The summed E-state index contributed by atoms with van der Waals surface area (Å²) in [6.07, 6.45) is 1.50. The van der Waals surface area contributed by atoms with Gasteiger partial charge in [0.15, 0.2) is 0 Å². The van der Waals surface area contributed by atoms with Crippen LogP contribution in [0.15, 0.2) is 30.5 Å². The van der Waals surface area contributed by atoms with E-state index in [-0.39, 0.29) is 17.2 Å². The third kappa shape index (κ3) is 2.47. The molecule has 1 heterocycles. The Morgan fingerprint density at radius 3 is 2.79 bits per heavy atom. The standard InChI is InChI=1S/C13H12FN3O2/c1-7-5-6-17-13(11(7)15)19-9-4-2-3-8(14)10(9)12(16)18/h2-6H,15H2,1H3,(H2,16,18). The van der Waals surface area contributed by atoms with Crippen molar-refractivity contribution in [2.45, 2.75) is 6.92 Å². The SMILES string of the molecule is Cc1ccnc(Oc2cccc(F)c2C(N)=O)c1N. The third-order valence-corrected chi connectivity index (χ3v) is 2.60. The fraction of sp³-hybridized carbons (Fsp3) is 0.0769. The second kappa shape index (κ2) is 4.93. The number of carbonyl (C=O) groups is 1. The number of ether oxygens (including phenoxy) is 1. The van der Waals surface area contributed by atoms with Crippen LogP contribution in [-0.2, 0) is 0 Å². The number of hydrogen-bond donors (Lipinski definition) is 2. The van der Waals surface area contributed by atoms with Gasteiger partial charge in [0.2, 0.25) is 5.88 Å². The van der Waals surface area contributed by atoms with Crippen molar-refractivity contribution in [3.63, 3.8) is 0 Å². The summed E-state index contributed by atoms with van der Waals surface area (Å²) in [6, 6.07) is 5.67. The Morgan fingerprint density at radius 2 is 2.11 bits per heavy atom. The van der Waals surface area contributed by atoms with Crippen molar-refractivity contribution >= 4 is 11.6 Å². The Kier molecular flexibility index (Phi) is 3.33. The number of anilines is 1. The molecule has 1 aromatic carbocycles. The number of hydrogen-bond acceptors (Lipinski definition) is 4. The number of benzene rings is 1. The lowest BCUT2D eigenvalue weighted by Crippen LogP contribution is -2.14. The predicted molar refractivity (Wildman–Crippen MR) is 68.4 cm³/mol. The van der Waals surface area contributed by atoms with E-state index >= 15 is 0 Å². The molecule has 0 atom stereocenters. The van der Waals surface area contributed by atoms with E-state index < -0.39 is 11.7 Å². The third-order valence-electron chi connectivity index (χ3n) is 2.60. The molecule has 1 aromatic heterocycles. The topological polar surface area (TPSA) is 91.2 Å². The van der Waals surface area contributed by atoms with E-state index in [9.17, 15) is 9.18 Å². The zero-order valence-corrected chi connectivity index (χ0v) is 10.2. The molecule has 6 heteroatoms. The second-order valence-electron chi connectivity index (χ2n) is 3.93. The fourth-order valence-corrected chi connectivity index (χ4v) is 1.56. The quantitative estimate of drug-likeness (QED) is 0.884. The van der Waals surface area contributed by atoms with Crippen LogP contribution in [-0.4, -0.2) is 10.9 Å². The number of amides is 1. The maximum absolute atomic E-state index is 13.6. The van der Waals surface area contributed by atoms with Gasteiger partial charge in [0.1, 0.15) is 17.1 Å². The van der Waals surface area contributed by atoms with E-state index in [1.165, 1.54) is 18.3 Å². The van der Waals surface area contributed by atoms with Crippen molar-refractivity contribution in [3.8, 4) is 11.6 Å². The van der Waals surface area contributed by atoms with Crippen molar-refractivity contribution in [1.82, 2.24) is 4.98 Å². The molecule has 98 valence electrons. The number of nitrogens with zero attached hydrogens (tertiary/aromatic N) is 1. The van der Waals surface area contributed by atoms with Gasteiger partial charge in [-0.15, -0.1) is 0 Å². The minimum Gasteiger partial charge on any atom is -0.436 e. The van der Waals surface area contributed by atoms with Crippen LogP contribution in [0.25, 0.3) is 0 Å². The average Bonchev–Trinajstić information content (AvgIpc) is 2.34. The highest BCUT2D eigenvalue weighted by Crippen LogP contribution is 2.30. The number of carbonyl (C=O) groups excluding carboxylic acids is 1. The van der Waals surface area contributed by atoms with Gasteiger partial charge in [-0.05, 0) is 30.7 Å². The monoisotopic (exact) mass is 261 g/mol. The van der Waals surface area contributed by atoms with Crippen molar-refractivity contribution in [2.24, 2.45) is 5.73 Å². The Hall–Kier alpha value is -2.63. The Morgan fingerprint density at radius 1 is 1.37 bits per heavy atom. The van der Waals surface area contributed by atoms with E-state index in [4.69, 9.17) is 16.2 Å². The highest BCUT2D eigenvalue weighted by atomic mass is 19.1. The molecule has 0 unspecified atom stereocenters. The van der Waals surface area contributed by atoms with Gasteiger partial charge in [0, 0.05) is 6.20 Å². The van der Waals surface area contributed by atoms with Crippen LogP contribution < -0.4 is 16.2 Å². The summed E-state index contributed by atoms with van der Waals surface area (Å²) in [4.78, 5) is 15.2. The van der Waals surface area contributed by atoms with E-state index in [0.29, 0.717) is 5.69 Å². The number of aromatic nitrogens is 1. The molecule has 2 aromatic rings. The molecule has 4 N–H and O–H groups in total. The average molecular weight is 261 g/mol. The number of aryl methyl sites for hydroxylation is 1. The molecule has 0 radical (unpaired) electrons. The van der Waals surface area contributed by atoms with Crippen LogP contribution in [0.2, 0.25) is 0 Å². The summed E-state index contributed by atoms with van der Waals surface area (Å²) in [6.45, 7) is 1.78. The highest BCUT2D eigenvalue weighted by molar-refractivity contribution is 5.96. The molecule has 0 fully saturated rings. The molecular formula is C13H12FN3O2. The number of primary amides is 1. The van der Waals surface area contributed by atoms with Gasteiger partial charge >= 0.3 is 0 Å². The van der Waals surface area contributed by atoms with Gasteiger partial charge < -0.3 is 16.2 Å². The largest absolute Gasteiger partial charge is 0.436 e. The highest BCUT2D eigenvalue weighted by Gasteiger charge is 2.17. The van der Waals surface area contributed by atoms with Crippen molar-refractivity contribution in [3.05, 3.63) is 47.4 Å². The lowest BCUT2D eigenvalue weighted by molar-refractivity contribution is 0.0994. The van der Waals surface area contributed by atoms with Gasteiger partial charge in [-0.25, -0.2) is 9.37 Å². The zero-order valence-electron chi connectivity index (χ0n) is 10.2. The van der Waals surface area contributed by atoms with Crippen LogP contribution in [0.5, 0.6) is 11.6 Å². The first-order valence-corrected chi connectivity index (χ1v) is 5.48. The van der Waals surface area contributed by atoms with Crippen molar-refractivity contribution in [1.29, 1.82) is 0 Å². The van der Waals surface area contributed by atoms with Gasteiger partial charge in [0.25, 0.3) is 5.91 Å². The second-order valence-corrected chi connectivity index (χ2v) is 3.93. The minimum atomic E-state index is -0.917. The normalized spacial score (nSPS) is 10.2. The molecule has 0 saturated heterocycles. The van der Waals surface area contributed by atoms with Crippen LogP contribution >= 0.6 is 0 Å². The van der Waals surface area contributed by atoms with E-state index in [1.54, 1.807) is 13.0 Å². The lowest BCUT2D eigenvalue weighted by Gasteiger charge is -2.11. The Bertz CT molecular complexity index is 644. The predicted octanol–water partition coefficient (Wildman–Crippen LogP) is 2.00. The fourth-order valence-electron chi connectivity index (χ4n) is 1.56. The number of rotatable bonds is 3. The van der Waals surface area contributed by atoms with Crippen LogP contribution in [0.1, 0.15) is 15.9 Å². The molecule has 0 saturated carbocycles. The zero-order chi connectivity index (χ0) is 14.0. The maximum Gasteiger partial charge on any atom is 0.255 e. The molecule has 2 rings (SSSR count). The number of nitrogens with two attached hydrogens (primary N) is 2. The summed E-state index contributed by atoms with van der Waals surface area (Å²) in [5.74, 6) is -1.58. The Labute approximate surface area is 109 Å². The lowest BCUT2D eigenvalue weighted by atomic mass is 10.2. The first-order valence-electron chi connectivity index (χ1n) is 5.48. The summed E-state index contributed by atoms with van der Waals surface area (Å²) in [5, 5.41) is 0. The number of halogens is 1. The van der Waals surface area contributed by atoms with Crippen molar-refractivity contribution < 1.29 is 13.9 Å². The molecule has 0 bridgehead atoms. The van der Waals surface area contributed by atoms with Crippen LogP contribution in [0, 0.1) is 12.7 Å². The number of nitrogen functional groups attached to an aromatic ring is 1. The summed E-state index contributed by atoms with van der Waals surface area (Å²) in [5.41, 5.74) is 11.7. The molecule has 0 aliphatic carbocycles. The van der Waals surface area contributed by atoms with Gasteiger partial charge in [-0.3, -0.25) is 4.79 Å². The van der Waals surface area contributed by atoms with E-state index in [1.807, 2.05) is 0 Å². The summed E-state index contributed by atoms with van der Waals surface area (Å²) < 4.78 is 18.9. The van der Waals surface area contributed by atoms with E-state index in [2.05, 4.69) is 4.98 Å². The molecular weight excluding hydrogens is 249 g/mol. The maximum atomic E-state index is 13.6. The summed E-state index contributed by atoms with van der Waals surface area (Å²) >= 11 is 0. The first-order chi connectivity index (χ1) is 9.00. The molecule has 0 spiro atoms. The van der Waals surface area contributed by atoms with Gasteiger partial charge in [0.05, 0.1) is 5.69 Å². The first kappa shape index (κ1) is 12.8. The van der Waals surface area contributed by atoms with Gasteiger partial charge in [-0.1, -0.05) is 6.07 Å². The molecule has 0 aliphatic heterocycles. The Balaban J connectivity index is 2.47. The summed E-state index contributed by atoms with van der Waals surface area (Å²) in [7, 11) is 0. The molecule has 0 aliphatic rings. The van der Waals surface area contributed by atoms with Gasteiger partial charge in [-0.2, -0.15) is 0 Å². The molecule has 1 amide bonds. The smallest absolute Gasteiger partial charge is 0.255 e. The molecule has 5 nitrogen and oxygen atoms in total.